The maximum Gasteiger partial charge on any atom is 0.123 e. The van der Waals surface area contributed by atoms with Crippen molar-refractivity contribution in [2.45, 2.75) is 57.2 Å². The first-order valence-electron chi connectivity index (χ1n) is 12.0. The molecule has 0 heterocycles. The lowest BCUT2D eigenvalue weighted by Crippen LogP contribution is -2.29. The van der Waals surface area contributed by atoms with Crippen molar-refractivity contribution in [3.05, 3.63) is 101 Å². The van der Waals surface area contributed by atoms with E-state index in [1.54, 1.807) is 12.1 Å². The van der Waals surface area contributed by atoms with E-state index < -0.39 is 24.6 Å². The molecule has 2 N–H and O–H groups in total. The van der Waals surface area contributed by atoms with E-state index in [4.69, 9.17) is 0 Å². The first kappa shape index (κ1) is 26.3. The standard InChI is InChI=1S/C30H33FO4/c1-3-30(4-2,23-10-6-5-7-11-23)24-15-13-21(14-16-26(32)19-27(33)20-29(34)35)28(18-24)22-9-8-12-25(31)17-22/h5-18,26-27,32-33H,3-4,19-20H2,1-2H3,(H,34,35)/p-1/b16-14+/t26-,27-/m1/s1. The van der Waals surface area contributed by atoms with Crippen LogP contribution in [0.1, 0.15) is 56.2 Å². The molecular formula is C30H32FO4-. The van der Waals surface area contributed by atoms with E-state index in [0.717, 1.165) is 29.5 Å². The molecule has 3 rings (SSSR count). The van der Waals surface area contributed by atoms with E-state index in [-0.39, 0.29) is 17.7 Å². The number of halogens is 1. The van der Waals surface area contributed by atoms with E-state index in [1.165, 1.54) is 23.8 Å². The molecule has 0 fully saturated rings. The highest BCUT2D eigenvalue weighted by Crippen LogP contribution is 2.41. The zero-order valence-corrected chi connectivity index (χ0v) is 20.2. The maximum atomic E-state index is 14.1. The number of aliphatic hydroxyl groups is 2. The summed E-state index contributed by atoms with van der Waals surface area (Å²) in [6.07, 6.45) is 2.11. The summed E-state index contributed by atoms with van der Waals surface area (Å²) in [7, 11) is 0. The van der Waals surface area contributed by atoms with Gasteiger partial charge in [0.05, 0.1) is 12.2 Å². The lowest BCUT2D eigenvalue weighted by molar-refractivity contribution is -0.307. The largest absolute Gasteiger partial charge is 0.550 e. The zero-order valence-electron chi connectivity index (χ0n) is 20.2. The predicted octanol–water partition coefficient (Wildman–Crippen LogP) is 4.86. The van der Waals surface area contributed by atoms with Gasteiger partial charge in [-0.1, -0.05) is 80.6 Å². The molecule has 5 heteroatoms. The van der Waals surface area contributed by atoms with Crippen molar-refractivity contribution in [3.8, 4) is 11.1 Å². The Hall–Kier alpha value is -3.28. The first-order chi connectivity index (χ1) is 16.8. The van der Waals surface area contributed by atoms with Crippen molar-refractivity contribution in [3.63, 3.8) is 0 Å². The summed E-state index contributed by atoms with van der Waals surface area (Å²) in [5, 5.41) is 30.7. The van der Waals surface area contributed by atoms with Crippen molar-refractivity contribution >= 4 is 12.0 Å². The number of rotatable bonds is 11. The van der Waals surface area contributed by atoms with Crippen molar-refractivity contribution in [2.24, 2.45) is 0 Å². The van der Waals surface area contributed by atoms with Crippen LogP contribution >= 0.6 is 0 Å². The molecule has 0 aliphatic rings. The smallest absolute Gasteiger partial charge is 0.123 e. The summed E-state index contributed by atoms with van der Waals surface area (Å²) in [5.41, 5.74) is 4.45. The molecule has 35 heavy (non-hydrogen) atoms. The number of aliphatic hydroxyl groups excluding tert-OH is 2. The van der Waals surface area contributed by atoms with Gasteiger partial charge in [0.2, 0.25) is 0 Å². The first-order valence-corrected chi connectivity index (χ1v) is 12.0. The van der Waals surface area contributed by atoms with Crippen LogP contribution in [-0.4, -0.2) is 28.4 Å². The van der Waals surface area contributed by atoms with Crippen LogP contribution in [0.4, 0.5) is 4.39 Å². The van der Waals surface area contributed by atoms with Gasteiger partial charge in [0.15, 0.2) is 0 Å². The highest BCUT2D eigenvalue weighted by molar-refractivity contribution is 5.76. The minimum absolute atomic E-state index is 0.124. The SMILES string of the molecule is CCC(CC)(c1ccccc1)c1ccc(/C=C/[C@@H](O)C[C@@H](O)CC(=O)[O-])c(-c2cccc(F)c2)c1. The lowest BCUT2D eigenvalue weighted by atomic mass is 9.70. The molecule has 0 aliphatic heterocycles. The van der Waals surface area contributed by atoms with Gasteiger partial charge in [-0.05, 0) is 58.9 Å². The molecule has 0 saturated heterocycles. The Morgan fingerprint density at radius 1 is 0.971 bits per heavy atom. The third kappa shape index (κ3) is 6.44. The highest BCUT2D eigenvalue weighted by atomic mass is 19.1. The molecule has 0 amide bonds. The lowest BCUT2D eigenvalue weighted by Gasteiger charge is -2.34. The Kier molecular flexibility index (Phi) is 8.96. The molecule has 0 aromatic heterocycles. The topological polar surface area (TPSA) is 80.6 Å². The number of hydrogen-bond donors (Lipinski definition) is 2. The molecule has 0 bridgehead atoms. The Bertz CT molecular complexity index is 1150. The molecule has 0 unspecified atom stereocenters. The van der Waals surface area contributed by atoms with Crippen LogP contribution in [0, 0.1) is 5.82 Å². The van der Waals surface area contributed by atoms with Crippen LogP contribution in [0.3, 0.4) is 0 Å². The summed E-state index contributed by atoms with van der Waals surface area (Å²) in [4.78, 5) is 10.7. The molecule has 0 aliphatic carbocycles. The van der Waals surface area contributed by atoms with Gasteiger partial charge >= 0.3 is 0 Å². The number of carbonyl (C=O) groups excluding carboxylic acids is 1. The monoisotopic (exact) mass is 475 g/mol. The normalized spacial score (nSPS) is 13.6. The Labute approximate surface area is 206 Å². The fourth-order valence-corrected chi connectivity index (χ4v) is 4.74. The van der Waals surface area contributed by atoms with Crippen LogP contribution in [0.5, 0.6) is 0 Å². The third-order valence-electron chi connectivity index (χ3n) is 6.69. The van der Waals surface area contributed by atoms with Gasteiger partial charge in [-0.25, -0.2) is 4.39 Å². The fraction of sp³-hybridized carbons (Fsp3) is 0.300. The number of carbonyl (C=O) groups is 1. The Balaban J connectivity index is 2.05. The van der Waals surface area contributed by atoms with Gasteiger partial charge in [0.25, 0.3) is 0 Å². The van der Waals surface area contributed by atoms with E-state index >= 15 is 0 Å². The molecule has 184 valence electrons. The molecule has 4 nitrogen and oxygen atoms in total. The molecule has 0 saturated carbocycles. The molecule has 0 spiro atoms. The number of carboxylic acids is 1. The van der Waals surface area contributed by atoms with E-state index in [0.29, 0.717) is 5.56 Å². The Morgan fingerprint density at radius 2 is 1.69 bits per heavy atom. The van der Waals surface area contributed by atoms with Gasteiger partial charge in [0.1, 0.15) is 5.82 Å². The number of carboxylic acid groups (broad SMARTS) is 1. The van der Waals surface area contributed by atoms with Crippen molar-refractivity contribution in [2.75, 3.05) is 0 Å². The summed E-state index contributed by atoms with van der Waals surface area (Å²) in [5.74, 6) is -1.71. The molecule has 2 atom stereocenters. The average molecular weight is 476 g/mol. The van der Waals surface area contributed by atoms with Gasteiger partial charge in [-0.2, -0.15) is 0 Å². The summed E-state index contributed by atoms with van der Waals surface area (Å²) in [6, 6.07) is 22.9. The van der Waals surface area contributed by atoms with Crippen LogP contribution < -0.4 is 5.11 Å². The minimum Gasteiger partial charge on any atom is -0.550 e. The van der Waals surface area contributed by atoms with Crippen LogP contribution in [0.15, 0.2) is 78.9 Å². The fourth-order valence-electron chi connectivity index (χ4n) is 4.74. The third-order valence-corrected chi connectivity index (χ3v) is 6.69. The van der Waals surface area contributed by atoms with Gasteiger partial charge < -0.3 is 20.1 Å². The van der Waals surface area contributed by atoms with Crippen LogP contribution in [0.2, 0.25) is 0 Å². The molecule has 0 radical (unpaired) electrons. The van der Waals surface area contributed by atoms with Crippen LogP contribution in [-0.2, 0) is 10.2 Å². The predicted molar refractivity (Wildman–Crippen MR) is 135 cm³/mol. The van der Waals surface area contributed by atoms with Gasteiger partial charge in [-0.15, -0.1) is 0 Å². The van der Waals surface area contributed by atoms with Gasteiger partial charge in [0, 0.05) is 24.2 Å². The van der Waals surface area contributed by atoms with E-state index in [1.807, 2.05) is 30.3 Å². The molecule has 3 aromatic rings. The quantitative estimate of drug-likeness (QED) is 0.415. The minimum atomic E-state index is -1.37. The second-order valence-electron chi connectivity index (χ2n) is 8.86. The van der Waals surface area contributed by atoms with Crippen molar-refractivity contribution in [1.82, 2.24) is 0 Å². The molecular weight excluding hydrogens is 443 g/mol. The number of aliphatic carboxylic acids is 1. The number of hydrogen-bond acceptors (Lipinski definition) is 4. The average Bonchev–Trinajstić information content (AvgIpc) is 2.84. The summed E-state index contributed by atoms with van der Waals surface area (Å²) >= 11 is 0. The Morgan fingerprint density at radius 3 is 2.31 bits per heavy atom. The summed E-state index contributed by atoms with van der Waals surface area (Å²) < 4.78 is 14.1. The van der Waals surface area contributed by atoms with Gasteiger partial charge in [-0.3, -0.25) is 0 Å². The summed E-state index contributed by atoms with van der Waals surface area (Å²) in [6.45, 7) is 4.33. The highest BCUT2D eigenvalue weighted by Gasteiger charge is 2.31. The van der Waals surface area contributed by atoms with E-state index in [2.05, 4.69) is 38.1 Å². The molecule has 3 aromatic carbocycles. The van der Waals surface area contributed by atoms with Crippen LogP contribution in [0.25, 0.3) is 17.2 Å². The zero-order chi connectivity index (χ0) is 25.4. The number of benzene rings is 3. The van der Waals surface area contributed by atoms with Crippen molar-refractivity contribution < 1.29 is 24.5 Å². The maximum absolute atomic E-state index is 14.1. The second kappa shape index (κ2) is 11.9. The van der Waals surface area contributed by atoms with Crippen molar-refractivity contribution in [1.29, 1.82) is 0 Å². The second-order valence-corrected chi connectivity index (χ2v) is 8.86. The van der Waals surface area contributed by atoms with E-state index in [9.17, 15) is 24.5 Å².